The molecule has 1 atom stereocenters. The molecule has 78 valence electrons. The van der Waals surface area contributed by atoms with Crippen LogP contribution < -0.4 is 5.32 Å². The first kappa shape index (κ1) is 10.4. The molecule has 0 radical (unpaired) electrons. The number of hydrogen-bond donors (Lipinski definition) is 1. The van der Waals surface area contributed by atoms with Crippen LogP contribution in [0.1, 0.15) is 11.3 Å². The van der Waals surface area contributed by atoms with Gasteiger partial charge in [0.25, 0.3) is 0 Å². The van der Waals surface area contributed by atoms with Gasteiger partial charge in [-0.15, -0.1) is 11.3 Å². The van der Waals surface area contributed by atoms with Crippen LogP contribution >= 0.6 is 22.9 Å². The van der Waals surface area contributed by atoms with Gasteiger partial charge < -0.3 is 10.1 Å². The molecule has 0 aliphatic carbocycles. The topological polar surface area (TPSA) is 34.1 Å². The number of hydrogen-bond acceptors (Lipinski definition) is 4. The lowest BCUT2D eigenvalue weighted by Crippen LogP contribution is -2.13. The number of ether oxygens (including phenoxy) is 1. The molecular weight excluding hydrogens is 220 g/mol. The van der Waals surface area contributed by atoms with Crippen LogP contribution in [0.5, 0.6) is 0 Å². The van der Waals surface area contributed by atoms with E-state index in [-0.39, 0.29) is 0 Å². The molecule has 2 heterocycles. The number of aromatic nitrogens is 1. The van der Waals surface area contributed by atoms with Crippen molar-refractivity contribution in [1.82, 2.24) is 10.3 Å². The minimum Gasteiger partial charge on any atom is -0.376 e. The number of rotatable bonds is 4. The Labute approximate surface area is 92.4 Å². The Kier molecular flexibility index (Phi) is 3.75. The monoisotopic (exact) mass is 232 g/mol. The highest BCUT2D eigenvalue weighted by Gasteiger charge is 2.14. The highest BCUT2D eigenvalue weighted by molar-refractivity contribution is 7.15. The molecule has 1 aromatic rings. The van der Waals surface area contributed by atoms with Gasteiger partial charge in [0.15, 0.2) is 4.47 Å². The van der Waals surface area contributed by atoms with Crippen molar-refractivity contribution >= 4 is 22.9 Å². The first-order chi connectivity index (χ1) is 6.84. The molecule has 3 nitrogen and oxygen atoms in total. The molecule has 1 aliphatic rings. The Morgan fingerprint density at radius 1 is 1.71 bits per heavy atom. The van der Waals surface area contributed by atoms with Crippen LogP contribution in [0.2, 0.25) is 4.47 Å². The third kappa shape index (κ3) is 2.92. The molecule has 2 rings (SSSR count). The van der Waals surface area contributed by atoms with E-state index in [9.17, 15) is 0 Å². The quantitative estimate of drug-likeness (QED) is 0.862. The number of thiazole rings is 1. The van der Waals surface area contributed by atoms with Crippen LogP contribution in [-0.4, -0.2) is 24.7 Å². The first-order valence-corrected chi connectivity index (χ1v) is 5.92. The summed E-state index contributed by atoms with van der Waals surface area (Å²) < 4.78 is 6.18. The maximum absolute atomic E-state index is 5.71. The Balaban J connectivity index is 1.67. The minimum absolute atomic E-state index is 0.589. The van der Waals surface area contributed by atoms with Crippen molar-refractivity contribution in [3.63, 3.8) is 0 Å². The fourth-order valence-corrected chi connectivity index (χ4v) is 2.45. The normalized spacial score (nSPS) is 21.6. The summed E-state index contributed by atoms with van der Waals surface area (Å²) >= 11 is 7.19. The number of nitrogens with zero attached hydrogens (tertiary/aromatic N) is 1. The van der Waals surface area contributed by atoms with Gasteiger partial charge in [-0.25, -0.2) is 4.98 Å². The molecule has 1 N–H and O–H groups in total. The van der Waals surface area contributed by atoms with Gasteiger partial charge >= 0.3 is 0 Å². The van der Waals surface area contributed by atoms with Crippen LogP contribution in [0.15, 0.2) is 6.20 Å². The van der Waals surface area contributed by atoms with E-state index in [0.29, 0.717) is 17.0 Å². The molecule has 0 amide bonds. The standard InChI is InChI=1S/C9H13ClN2OS/c10-9-12-4-8(14-9)6-13-5-7-1-2-11-3-7/h4,7,11H,1-3,5-6H2/t7-/m1/s1. The van der Waals surface area contributed by atoms with Crippen molar-refractivity contribution in [3.05, 3.63) is 15.5 Å². The SMILES string of the molecule is Clc1ncc(COC[C@@H]2CCNC2)s1. The maximum Gasteiger partial charge on any atom is 0.183 e. The van der Waals surface area contributed by atoms with E-state index in [1.807, 2.05) is 0 Å². The minimum atomic E-state index is 0.589. The molecule has 5 heteroatoms. The van der Waals surface area contributed by atoms with E-state index in [2.05, 4.69) is 10.3 Å². The lowest BCUT2D eigenvalue weighted by Gasteiger charge is -2.07. The summed E-state index contributed by atoms with van der Waals surface area (Å²) in [6.07, 6.45) is 3.00. The molecule has 0 unspecified atom stereocenters. The number of nitrogens with one attached hydrogen (secondary N) is 1. The second kappa shape index (κ2) is 5.07. The van der Waals surface area contributed by atoms with Crippen molar-refractivity contribution in [2.45, 2.75) is 13.0 Å². The second-order valence-electron chi connectivity index (χ2n) is 3.45. The molecule has 0 bridgehead atoms. The van der Waals surface area contributed by atoms with E-state index in [1.165, 1.54) is 17.8 Å². The summed E-state index contributed by atoms with van der Waals surface area (Å²) in [6.45, 7) is 3.69. The molecule has 0 aromatic carbocycles. The molecule has 0 spiro atoms. The van der Waals surface area contributed by atoms with Crippen LogP contribution in [0.4, 0.5) is 0 Å². The third-order valence-electron chi connectivity index (χ3n) is 2.29. The van der Waals surface area contributed by atoms with Crippen LogP contribution in [0, 0.1) is 5.92 Å². The van der Waals surface area contributed by atoms with Gasteiger partial charge in [0.2, 0.25) is 0 Å². The zero-order valence-electron chi connectivity index (χ0n) is 7.83. The van der Waals surface area contributed by atoms with Crippen molar-refractivity contribution in [2.24, 2.45) is 5.92 Å². The van der Waals surface area contributed by atoms with Crippen LogP contribution in [0.3, 0.4) is 0 Å². The van der Waals surface area contributed by atoms with Gasteiger partial charge in [-0.2, -0.15) is 0 Å². The summed E-state index contributed by atoms with van der Waals surface area (Å²) in [5.41, 5.74) is 0. The van der Waals surface area contributed by atoms with E-state index >= 15 is 0 Å². The fraction of sp³-hybridized carbons (Fsp3) is 0.667. The van der Waals surface area contributed by atoms with Crippen molar-refractivity contribution in [2.75, 3.05) is 19.7 Å². The summed E-state index contributed by atoms with van der Waals surface area (Å²) in [4.78, 5) is 5.06. The Bertz CT molecular complexity index is 286. The Hall–Kier alpha value is -0.160. The van der Waals surface area contributed by atoms with Gasteiger partial charge in [0, 0.05) is 12.7 Å². The van der Waals surface area contributed by atoms with Gasteiger partial charge in [0.05, 0.1) is 18.1 Å². The Morgan fingerprint density at radius 3 is 3.29 bits per heavy atom. The average Bonchev–Trinajstić information content (AvgIpc) is 2.77. The van der Waals surface area contributed by atoms with Crippen molar-refractivity contribution in [1.29, 1.82) is 0 Å². The molecule has 1 saturated heterocycles. The molecule has 0 saturated carbocycles. The van der Waals surface area contributed by atoms with E-state index in [1.54, 1.807) is 6.20 Å². The highest BCUT2D eigenvalue weighted by atomic mass is 35.5. The molecular formula is C9H13ClN2OS. The van der Waals surface area contributed by atoms with Crippen molar-refractivity contribution in [3.8, 4) is 0 Å². The summed E-state index contributed by atoms with van der Waals surface area (Å²) in [5, 5.41) is 3.31. The van der Waals surface area contributed by atoms with E-state index in [0.717, 1.165) is 24.6 Å². The lowest BCUT2D eigenvalue weighted by molar-refractivity contribution is 0.0942. The smallest absolute Gasteiger partial charge is 0.183 e. The molecule has 1 aliphatic heterocycles. The van der Waals surface area contributed by atoms with Crippen LogP contribution in [-0.2, 0) is 11.3 Å². The van der Waals surface area contributed by atoms with E-state index < -0.39 is 0 Å². The van der Waals surface area contributed by atoms with Crippen LogP contribution in [0.25, 0.3) is 0 Å². The third-order valence-corrected chi connectivity index (χ3v) is 3.37. The maximum atomic E-state index is 5.71. The largest absolute Gasteiger partial charge is 0.376 e. The summed E-state index contributed by atoms with van der Waals surface area (Å²) in [6, 6.07) is 0. The first-order valence-electron chi connectivity index (χ1n) is 4.73. The fourth-order valence-electron chi connectivity index (χ4n) is 1.53. The van der Waals surface area contributed by atoms with Gasteiger partial charge in [-0.1, -0.05) is 11.6 Å². The molecule has 1 fully saturated rings. The zero-order valence-corrected chi connectivity index (χ0v) is 9.40. The predicted molar refractivity (Wildman–Crippen MR) is 57.8 cm³/mol. The molecule has 1 aromatic heterocycles. The van der Waals surface area contributed by atoms with Crippen molar-refractivity contribution < 1.29 is 4.74 Å². The highest BCUT2D eigenvalue weighted by Crippen LogP contribution is 2.19. The number of halogens is 1. The second-order valence-corrected chi connectivity index (χ2v) is 5.15. The van der Waals surface area contributed by atoms with Gasteiger partial charge in [-0.05, 0) is 18.9 Å². The average molecular weight is 233 g/mol. The predicted octanol–water partition coefficient (Wildman–Crippen LogP) is 1.92. The van der Waals surface area contributed by atoms with E-state index in [4.69, 9.17) is 16.3 Å². The van der Waals surface area contributed by atoms with Gasteiger partial charge in [-0.3, -0.25) is 0 Å². The zero-order chi connectivity index (χ0) is 9.80. The molecule has 14 heavy (non-hydrogen) atoms. The summed E-state index contributed by atoms with van der Waals surface area (Å²) in [5.74, 6) is 0.679. The van der Waals surface area contributed by atoms with Gasteiger partial charge in [0.1, 0.15) is 0 Å². The summed E-state index contributed by atoms with van der Waals surface area (Å²) in [7, 11) is 0. The lowest BCUT2D eigenvalue weighted by atomic mass is 10.1. The Morgan fingerprint density at radius 2 is 2.64 bits per heavy atom.